The standard InChI is InChI=1S/C11H20F3NO2/c12-11(13,14)9-3-1-4-10(7-9,8-15)17-6-2-5-16/h9,16H,1-8,15H2. The highest BCUT2D eigenvalue weighted by Gasteiger charge is 2.47. The van der Waals surface area contributed by atoms with Crippen LogP contribution in [0.1, 0.15) is 32.1 Å². The average Bonchev–Trinajstić information content (AvgIpc) is 2.29. The number of halogens is 3. The van der Waals surface area contributed by atoms with E-state index in [0.717, 1.165) is 0 Å². The number of alkyl halides is 3. The molecule has 17 heavy (non-hydrogen) atoms. The van der Waals surface area contributed by atoms with Crippen LogP contribution in [0.4, 0.5) is 13.2 Å². The van der Waals surface area contributed by atoms with Gasteiger partial charge >= 0.3 is 6.18 Å². The lowest BCUT2D eigenvalue weighted by molar-refractivity contribution is -0.206. The number of hydrogen-bond acceptors (Lipinski definition) is 3. The molecular formula is C11H20F3NO2. The minimum Gasteiger partial charge on any atom is -0.396 e. The fourth-order valence-corrected chi connectivity index (χ4v) is 2.33. The zero-order valence-electron chi connectivity index (χ0n) is 9.80. The van der Waals surface area contributed by atoms with Gasteiger partial charge in [0.05, 0.1) is 11.5 Å². The molecule has 2 unspecified atom stereocenters. The molecule has 0 bridgehead atoms. The van der Waals surface area contributed by atoms with Crippen LogP contribution in [0, 0.1) is 5.92 Å². The fraction of sp³-hybridized carbons (Fsp3) is 1.00. The lowest BCUT2D eigenvalue weighted by Crippen LogP contribution is -2.47. The van der Waals surface area contributed by atoms with Crippen molar-refractivity contribution >= 4 is 0 Å². The van der Waals surface area contributed by atoms with Gasteiger partial charge in [0.15, 0.2) is 0 Å². The van der Waals surface area contributed by atoms with E-state index in [-0.39, 0.29) is 32.6 Å². The van der Waals surface area contributed by atoms with E-state index >= 15 is 0 Å². The summed E-state index contributed by atoms with van der Waals surface area (Å²) in [6.45, 7) is 0.340. The van der Waals surface area contributed by atoms with Crippen molar-refractivity contribution in [3.63, 3.8) is 0 Å². The molecule has 1 rings (SSSR count). The number of aliphatic hydroxyl groups is 1. The van der Waals surface area contributed by atoms with Crippen LogP contribution in [0.5, 0.6) is 0 Å². The van der Waals surface area contributed by atoms with E-state index in [4.69, 9.17) is 15.6 Å². The molecule has 0 aliphatic heterocycles. The second kappa shape index (κ2) is 6.02. The lowest BCUT2D eigenvalue weighted by Gasteiger charge is -2.40. The van der Waals surface area contributed by atoms with Crippen molar-refractivity contribution in [2.75, 3.05) is 19.8 Å². The topological polar surface area (TPSA) is 55.5 Å². The Morgan fingerprint density at radius 3 is 2.65 bits per heavy atom. The molecular weight excluding hydrogens is 235 g/mol. The Bertz CT molecular complexity index is 235. The van der Waals surface area contributed by atoms with Crippen LogP contribution in [-0.2, 0) is 4.74 Å². The predicted molar refractivity (Wildman–Crippen MR) is 57.5 cm³/mol. The Morgan fingerprint density at radius 1 is 1.41 bits per heavy atom. The van der Waals surface area contributed by atoms with Gasteiger partial charge < -0.3 is 15.6 Å². The molecule has 1 saturated carbocycles. The van der Waals surface area contributed by atoms with Crippen molar-refractivity contribution in [1.29, 1.82) is 0 Å². The van der Waals surface area contributed by atoms with Gasteiger partial charge in [-0.1, -0.05) is 0 Å². The molecule has 1 aliphatic rings. The van der Waals surface area contributed by atoms with Gasteiger partial charge in [0, 0.05) is 19.8 Å². The summed E-state index contributed by atoms with van der Waals surface area (Å²) in [7, 11) is 0. The van der Waals surface area contributed by atoms with Gasteiger partial charge in [-0.15, -0.1) is 0 Å². The lowest BCUT2D eigenvalue weighted by atomic mass is 9.77. The number of aliphatic hydroxyl groups excluding tert-OH is 1. The molecule has 0 aromatic carbocycles. The zero-order chi connectivity index (χ0) is 12.9. The van der Waals surface area contributed by atoms with Gasteiger partial charge in [0.25, 0.3) is 0 Å². The first-order valence-electron chi connectivity index (χ1n) is 5.95. The van der Waals surface area contributed by atoms with Crippen LogP contribution in [0.15, 0.2) is 0 Å². The van der Waals surface area contributed by atoms with Gasteiger partial charge in [0.1, 0.15) is 0 Å². The van der Waals surface area contributed by atoms with Gasteiger partial charge in [-0.3, -0.25) is 0 Å². The number of ether oxygens (including phenoxy) is 1. The molecule has 0 heterocycles. The zero-order valence-corrected chi connectivity index (χ0v) is 9.80. The van der Waals surface area contributed by atoms with Gasteiger partial charge in [0.2, 0.25) is 0 Å². The maximum atomic E-state index is 12.7. The van der Waals surface area contributed by atoms with Gasteiger partial charge in [-0.05, 0) is 32.1 Å². The Labute approximate surface area is 99.1 Å². The number of nitrogens with two attached hydrogens (primary N) is 1. The summed E-state index contributed by atoms with van der Waals surface area (Å²) in [6, 6.07) is 0. The van der Waals surface area contributed by atoms with E-state index in [9.17, 15) is 13.2 Å². The quantitative estimate of drug-likeness (QED) is 0.737. The molecule has 1 fully saturated rings. The molecule has 2 atom stereocenters. The van der Waals surface area contributed by atoms with E-state index in [0.29, 0.717) is 19.3 Å². The third-order valence-corrected chi connectivity index (χ3v) is 3.35. The van der Waals surface area contributed by atoms with Crippen molar-refractivity contribution in [3.05, 3.63) is 0 Å². The smallest absolute Gasteiger partial charge is 0.391 e. The molecule has 3 N–H and O–H groups in total. The van der Waals surface area contributed by atoms with Crippen molar-refractivity contribution in [3.8, 4) is 0 Å². The predicted octanol–water partition coefficient (Wildman–Crippen LogP) is 1.84. The summed E-state index contributed by atoms with van der Waals surface area (Å²) in [5.74, 6) is -1.31. The minimum absolute atomic E-state index is 0.0245. The van der Waals surface area contributed by atoms with E-state index in [1.165, 1.54) is 0 Å². The molecule has 0 radical (unpaired) electrons. The van der Waals surface area contributed by atoms with Gasteiger partial charge in [-0.2, -0.15) is 13.2 Å². The highest BCUT2D eigenvalue weighted by atomic mass is 19.4. The molecule has 3 nitrogen and oxygen atoms in total. The van der Waals surface area contributed by atoms with Crippen molar-refractivity contribution in [2.24, 2.45) is 11.7 Å². The second-order valence-electron chi connectivity index (χ2n) is 4.65. The minimum atomic E-state index is -4.17. The van der Waals surface area contributed by atoms with Crippen LogP contribution < -0.4 is 5.73 Å². The van der Waals surface area contributed by atoms with E-state index in [1.54, 1.807) is 0 Å². The molecule has 0 spiro atoms. The van der Waals surface area contributed by atoms with E-state index in [2.05, 4.69) is 0 Å². The Kier molecular flexibility index (Phi) is 5.22. The maximum absolute atomic E-state index is 12.7. The Hall–Kier alpha value is -0.330. The number of rotatable bonds is 5. The summed E-state index contributed by atoms with van der Waals surface area (Å²) in [5, 5.41) is 8.64. The van der Waals surface area contributed by atoms with Crippen LogP contribution in [-0.4, -0.2) is 36.6 Å². The SMILES string of the molecule is NCC1(OCCCO)CCCC(C(F)(F)F)C1. The summed E-state index contributed by atoms with van der Waals surface area (Å²) in [5.41, 5.74) is 4.72. The van der Waals surface area contributed by atoms with Crippen molar-refractivity contribution in [2.45, 2.75) is 43.9 Å². The maximum Gasteiger partial charge on any atom is 0.391 e. The van der Waals surface area contributed by atoms with Crippen molar-refractivity contribution in [1.82, 2.24) is 0 Å². The second-order valence-corrected chi connectivity index (χ2v) is 4.65. The molecule has 0 aromatic heterocycles. The first-order valence-corrected chi connectivity index (χ1v) is 5.95. The highest BCUT2D eigenvalue weighted by molar-refractivity contribution is 4.91. The molecule has 0 aromatic rings. The molecule has 1 aliphatic carbocycles. The summed E-state index contributed by atoms with van der Waals surface area (Å²) in [4.78, 5) is 0. The van der Waals surface area contributed by atoms with Crippen LogP contribution in [0.3, 0.4) is 0 Å². The monoisotopic (exact) mass is 255 g/mol. The largest absolute Gasteiger partial charge is 0.396 e. The van der Waals surface area contributed by atoms with Crippen molar-refractivity contribution < 1.29 is 23.0 Å². The number of hydrogen-bond donors (Lipinski definition) is 2. The van der Waals surface area contributed by atoms with Crippen LogP contribution in [0.2, 0.25) is 0 Å². The fourth-order valence-electron chi connectivity index (χ4n) is 2.33. The summed E-state index contributed by atoms with van der Waals surface area (Å²) >= 11 is 0. The van der Waals surface area contributed by atoms with E-state index < -0.39 is 17.7 Å². The highest BCUT2D eigenvalue weighted by Crippen LogP contribution is 2.42. The van der Waals surface area contributed by atoms with E-state index in [1.807, 2.05) is 0 Å². The Balaban J connectivity index is 2.59. The van der Waals surface area contributed by atoms with Crippen LogP contribution >= 0.6 is 0 Å². The normalized spacial score (nSPS) is 30.5. The molecule has 6 heteroatoms. The molecule has 0 saturated heterocycles. The third-order valence-electron chi connectivity index (χ3n) is 3.35. The summed E-state index contributed by atoms with van der Waals surface area (Å²) in [6.07, 6.45) is -2.57. The third kappa shape index (κ3) is 4.12. The molecule has 0 amide bonds. The Morgan fingerprint density at radius 2 is 2.12 bits per heavy atom. The van der Waals surface area contributed by atoms with Crippen LogP contribution in [0.25, 0.3) is 0 Å². The molecule has 102 valence electrons. The average molecular weight is 255 g/mol. The summed E-state index contributed by atoms with van der Waals surface area (Å²) < 4.78 is 43.5. The van der Waals surface area contributed by atoms with Gasteiger partial charge in [-0.25, -0.2) is 0 Å². The first kappa shape index (κ1) is 14.7. The first-order chi connectivity index (χ1) is 7.93.